The lowest BCUT2D eigenvalue weighted by molar-refractivity contribution is 0.742. The van der Waals surface area contributed by atoms with Crippen LogP contribution in [0.3, 0.4) is 0 Å². The summed E-state index contributed by atoms with van der Waals surface area (Å²) in [4.78, 5) is 13.4. The predicted octanol–water partition coefficient (Wildman–Crippen LogP) is 1.83. The summed E-state index contributed by atoms with van der Waals surface area (Å²) >= 11 is 0. The van der Waals surface area contributed by atoms with E-state index in [9.17, 15) is 0 Å². The number of nitrogens with zero attached hydrogens (tertiary/aromatic N) is 4. The molecule has 0 bridgehead atoms. The van der Waals surface area contributed by atoms with E-state index in [2.05, 4.69) is 31.9 Å². The molecule has 6 heteroatoms. The molecule has 2 aromatic rings. The summed E-state index contributed by atoms with van der Waals surface area (Å²) in [6.45, 7) is 4.06. The lowest BCUT2D eigenvalue weighted by Gasteiger charge is -2.12. The monoisotopic (exact) mass is 258 g/mol. The van der Waals surface area contributed by atoms with Gasteiger partial charge in [0.25, 0.3) is 0 Å². The summed E-state index contributed by atoms with van der Waals surface area (Å²) in [6.07, 6.45) is 6.95. The van der Waals surface area contributed by atoms with Crippen LogP contribution in [0, 0.1) is 6.92 Å². The fourth-order valence-corrected chi connectivity index (χ4v) is 2.28. The van der Waals surface area contributed by atoms with Crippen LogP contribution in [-0.2, 0) is 6.42 Å². The second kappa shape index (κ2) is 4.62. The molecule has 0 unspecified atom stereocenters. The fourth-order valence-electron chi connectivity index (χ4n) is 2.28. The molecule has 0 radical (unpaired) electrons. The number of hydrazine groups is 1. The van der Waals surface area contributed by atoms with Crippen LogP contribution in [0.2, 0.25) is 0 Å². The van der Waals surface area contributed by atoms with Crippen molar-refractivity contribution < 1.29 is 0 Å². The molecule has 0 aromatic carbocycles. The minimum Gasteiger partial charge on any atom is -0.325 e. The van der Waals surface area contributed by atoms with Crippen molar-refractivity contribution in [2.45, 2.75) is 39.2 Å². The van der Waals surface area contributed by atoms with Gasteiger partial charge in [0.05, 0.1) is 12.5 Å². The quantitative estimate of drug-likeness (QED) is 0.646. The number of nitrogens with one attached hydrogen (secondary N) is 1. The summed E-state index contributed by atoms with van der Waals surface area (Å²) in [5.74, 6) is 6.92. The molecule has 0 saturated heterocycles. The first-order valence-corrected chi connectivity index (χ1v) is 6.61. The second-order valence-corrected chi connectivity index (χ2v) is 4.88. The van der Waals surface area contributed by atoms with Crippen LogP contribution >= 0.6 is 0 Å². The Labute approximate surface area is 112 Å². The number of nitrogen functional groups attached to an aromatic ring is 1. The van der Waals surface area contributed by atoms with Gasteiger partial charge in [0.1, 0.15) is 11.5 Å². The molecule has 0 aliphatic heterocycles. The molecule has 3 rings (SSSR count). The molecule has 19 heavy (non-hydrogen) atoms. The lowest BCUT2D eigenvalue weighted by Crippen LogP contribution is -2.13. The van der Waals surface area contributed by atoms with Gasteiger partial charge in [-0.1, -0.05) is 6.92 Å². The zero-order valence-corrected chi connectivity index (χ0v) is 11.2. The largest absolute Gasteiger partial charge is 0.325 e. The normalized spacial score (nSPS) is 14.7. The average Bonchev–Trinajstić information content (AvgIpc) is 3.16. The van der Waals surface area contributed by atoms with Gasteiger partial charge in [0.15, 0.2) is 5.82 Å². The Bertz CT molecular complexity index is 574. The Hall–Kier alpha value is -1.95. The van der Waals surface area contributed by atoms with Crippen molar-refractivity contribution in [3.63, 3.8) is 0 Å². The second-order valence-electron chi connectivity index (χ2n) is 4.88. The van der Waals surface area contributed by atoms with E-state index in [1.807, 2.05) is 19.4 Å². The minimum atomic E-state index is 0.557. The van der Waals surface area contributed by atoms with Gasteiger partial charge >= 0.3 is 0 Å². The lowest BCUT2D eigenvalue weighted by atomic mass is 10.2. The number of hydrogen-bond acceptors (Lipinski definition) is 5. The molecule has 3 N–H and O–H groups in total. The van der Waals surface area contributed by atoms with E-state index in [0.29, 0.717) is 17.7 Å². The van der Waals surface area contributed by atoms with Crippen molar-refractivity contribution in [3.05, 3.63) is 23.8 Å². The van der Waals surface area contributed by atoms with E-state index < -0.39 is 0 Å². The molecule has 1 aliphatic carbocycles. The van der Waals surface area contributed by atoms with Gasteiger partial charge in [0.2, 0.25) is 0 Å². The highest BCUT2D eigenvalue weighted by Gasteiger charge is 2.26. The summed E-state index contributed by atoms with van der Waals surface area (Å²) < 4.78 is 2.16. The molecule has 0 atom stereocenters. The minimum absolute atomic E-state index is 0.557. The molecule has 1 fully saturated rings. The summed E-state index contributed by atoms with van der Waals surface area (Å²) in [6, 6.07) is 0.557. The molecular weight excluding hydrogens is 240 g/mol. The van der Waals surface area contributed by atoms with Crippen LogP contribution in [0.15, 0.2) is 12.5 Å². The van der Waals surface area contributed by atoms with Crippen molar-refractivity contribution in [2.24, 2.45) is 5.84 Å². The number of aryl methyl sites for hydroxylation is 1. The smallest absolute Gasteiger partial charge is 0.180 e. The van der Waals surface area contributed by atoms with Crippen molar-refractivity contribution in [2.75, 3.05) is 5.43 Å². The topological polar surface area (TPSA) is 81.7 Å². The third-order valence-electron chi connectivity index (χ3n) is 3.55. The van der Waals surface area contributed by atoms with E-state index >= 15 is 0 Å². The van der Waals surface area contributed by atoms with Gasteiger partial charge in [-0.15, -0.1) is 0 Å². The van der Waals surface area contributed by atoms with Crippen LogP contribution in [0.25, 0.3) is 11.5 Å². The Morgan fingerprint density at radius 1 is 1.42 bits per heavy atom. The van der Waals surface area contributed by atoms with Crippen LogP contribution in [0.1, 0.15) is 37.1 Å². The SMILES string of the molecule is CCc1nc(-c2cncn2C2CC2)nc(NN)c1C. The van der Waals surface area contributed by atoms with E-state index in [4.69, 9.17) is 5.84 Å². The predicted molar refractivity (Wildman–Crippen MR) is 73.4 cm³/mol. The van der Waals surface area contributed by atoms with Gasteiger partial charge in [-0.3, -0.25) is 0 Å². The zero-order chi connectivity index (χ0) is 13.4. The molecule has 1 aliphatic rings. The fraction of sp³-hybridized carbons (Fsp3) is 0.462. The van der Waals surface area contributed by atoms with Gasteiger partial charge in [-0.2, -0.15) is 0 Å². The Kier molecular flexibility index (Phi) is 2.94. The molecule has 2 aromatic heterocycles. The van der Waals surface area contributed by atoms with Gasteiger partial charge in [-0.05, 0) is 26.2 Å². The van der Waals surface area contributed by atoms with Crippen molar-refractivity contribution in [3.8, 4) is 11.5 Å². The third kappa shape index (κ3) is 2.08. The Morgan fingerprint density at radius 3 is 2.84 bits per heavy atom. The van der Waals surface area contributed by atoms with Crippen molar-refractivity contribution in [1.82, 2.24) is 19.5 Å². The first-order chi connectivity index (χ1) is 9.24. The molecule has 6 nitrogen and oxygen atoms in total. The highest BCUT2D eigenvalue weighted by Crippen LogP contribution is 2.37. The molecule has 0 spiro atoms. The number of nitrogens with two attached hydrogens (primary N) is 1. The summed E-state index contributed by atoms with van der Waals surface area (Å²) in [7, 11) is 0. The Morgan fingerprint density at radius 2 is 2.21 bits per heavy atom. The number of anilines is 1. The van der Waals surface area contributed by atoms with Crippen molar-refractivity contribution in [1.29, 1.82) is 0 Å². The zero-order valence-electron chi connectivity index (χ0n) is 11.2. The highest BCUT2D eigenvalue weighted by atomic mass is 15.3. The third-order valence-corrected chi connectivity index (χ3v) is 3.55. The summed E-state index contributed by atoms with van der Waals surface area (Å²) in [5, 5.41) is 0. The van der Waals surface area contributed by atoms with E-state index in [1.54, 1.807) is 0 Å². The van der Waals surface area contributed by atoms with Gasteiger partial charge in [0, 0.05) is 17.3 Å². The van der Waals surface area contributed by atoms with E-state index in [-0.39, 0.29) is 0 Å². The number of rotatable bonds is 4. The maximum atomic E-state index is 5.54. The molecule has 100 valence electrons. The van der Waals surface area contributed by atoms with E-state index in [0.717, 1.165) is 23.4 Å². The molecule has 2 heterocycles. The van der Waals surface area contributed by atoms with Crippen LogP contribution in [0.5, 0.6) is 0 Å². The van der Waals surface area contributed by atoms with Crippen molar-refractivity contribution >= 4 is 5.82 Å². The maximum absolute atomic E-state index is 5.54. The summed E-state index contributed by atoms with van der Waals surface area (Å²) in [5.41, 5.74) is 5.64. The molecule has 1 saturated carbocycles. The molecule has 0 amide bonds. The number of aromatic nitrogens is 4. The maximum Gasteiger partial charge on any atom is 0.180 e. The van der Waals surface area contributed by atoms with E-state index in [1.165, 1.54) is 12.8 Å². The van der Waals surface area contributed by atoms with Crippen LogP contribution in [-0.4, -0.2) is 19.5 Å². The standard InChI is InChI=1S/C13H18N6/c1-3-10-8(2)12(18-14)17-13(16-10)11-6-15-7-19(11)9-4-5-9/h6-7,9H,3-5,14H2,1-2H3,(H,16,17,18). The highest BCUT2D eigenvalue weighted by molar-refractivity contribution is 5.56. The van der Waals surface area contributed by atoms with Gasteiger partial charge in [-0.25, -0.2) is 20.8 Å². The van der Waals surface area contributed by atoms with Crippen LogP contribution < -0.4 is 11.3 Å². The van der Waals surface area contributed by atoms with Gasteiger partial charge < -0.3 is 9.99 Å². The molecular formula is C13H18N6. The Balaban J connectivity index is 2.11. The number of imidazole rings is 1. The number of hydrogen-bond donors (Lipinski definition) is 2. The first kappa shape index (κ1) is 12.1. The average molecular weight is 258 g/mol. The van der Waals surface area contributed by atoms with Crippen LogP contribution in [0.4, 0.5) is 5.82 Å². The first-order valence-electron chi connectivity index (χ1n) is 6.61.